The van der Waals surface area contributed by atoms with Gasteiger partial charge in [-0.25, -0.2) is 0 Å². The van der Waals surface area contributed by atoms with Gasteiger partial charge in [-0.3, -0.25) is 14.6 Å². The fourth-order valence-electron chi connectivity index (χ4n) is 4.03. The van der Waals surface area contributed by atoms with Gasteiger partial charge in [0.1, 0.15) is 6.10 Å². The molecule has 0 bridgehead atoms. The standard InChI is InChI=1S/C27H39N3O5/c1-5-12-30(13-6-2)27(34)22-16-19(3)15-21(18-22)26(33)29-23(17-20-7-10-28-11-8-20)25(32)24(31)9-14-35-4/h7-8,10-11,15-16,18,23-25,31-32H,5-6,9,12-14,17H2,1-4H3,(H,29,33). The van der Waals surface area contributed by atoms with Gasteiger partial charge in [-0.05, 0) is 74.1 Å². The van der Waals surface area contributed by atoms with E-state index in [1.807, 2.05) is 20.8 Å². The third-order valence-corrected chi connectivity index (χ3v) is 5.81. The van der Waals surface area contributed by atoms with Crippen molar-refractivity contribution in [2.24, 2.45) is 0 Å². The Hall–Kier alpha value is -2.81. The molecule has 8 nitrogen and oxygen atoms in total. The average Bonchev–Trinajstić information content (AvgIpc) is 2.86. The topological polar surface area (TPSA) is 112 Å². The lowest BCUT2D eigenvalue weighted by Crippen LogP contribution is -2.50. The minimum absolute atomic E-state index is 0.102. The number of aliphatic hydroxyl groups excluding tert-OH is 2. The summed E-state index contributed by atoms with van der Waals surface area (Å²) in [5, 5.41) is 24.2. The highest BCUT2D eigenvalue weighted by molar-refractivity contribution is 6.00. The number of nitrogens with zero attached hydrogens (tertiary/aromatic N) is 2. The normalized spacial score (nSPS) is 13.7. The molecule has 2 rings (SSSR count). The zero-order valence-electron chi connectivity index (χ0n) is 21.2. The van der Waals surface area contributed by atoms with Gasteiger partial charge < -0.3 is 25.2 Å². The van der Waals surface area contributed by atoms with Crippen LogP contribution in [0.25, 0.3) is 0 Å². The summed E-state index contributed by atoms with van der Waals surface area (Å²) >= 11 is 0. The van der Waals surface area contributed by atoms with Crippen molar-refractivity contribution in [3.8, 4) is 0 Å². The van der Waals surface area contributed by atoms with E-state index >= 15 is 0 Å². The molecule has 2 amide bonds. The number of pyridine rings is 1. The van der Waals surface area contributed by atoms with Crippen LogP contribution in [0.3, 0.4) is 0 Å². The molecule has 0 aliphatic rings. The Balaban J connectivity index is 2.28. The molecule has 1 aromatic heterocycles. The lowest BCUT2D eigenvalue weighted by molar-refractivity contribution is -0.0177. The van der Waals surface area contributed by atoms with Gasteiger partial charge in [0.05, 0.1) is 12.1 Å². The van der Waals surface area contributed by atoms with E-state index in [4.69, 9.17) is 4.74 Å². The fraction of sp³-hybridized carbons (Fsp3) is 0.519. The molecule has 0 spiro atoms. The van der Waals surface area contributed by atoms with Crippen molar-refractivity contribution >= 4 is 11.8 Å². The van der Waals surface area contributed by atoms with E-state index in [2.05, 4.69) is 10.3 Å². The molecule has 0 saturated carbocycles. The number of methoxy groups -OCH3 is 1. The monoisotopic (exact) mass is 485 g/mol. The van der Waals surface area contributed by atoms with E-state index in [0.29, 0.717) is 30.6 Å². The van der Waals surface area contributed by atoms with E-state index in [1.165, 1.54) is 7.11 Å². The number of carbonyl (C=O) groups excluding carboxylic acids is 2. The molecule has 35 heavy (non-hydrogen) atoms. The molecule has 3 atom stereocenters. The SMILES string of the molecule is CCCN(CCC)C(=O)c1cc(C)cc(C(=O)NC(Cc2ccncc2)C(O)C(O)CCOC)c1. The first-order valence-electron chi connectivity index (χ1n) is 12.3. The van der Waals surface area contributed by atoms with E-state index in [-0.39, 0.29) is 18.9 Å². The van der Waals surface area contributed by atoms with Crippen molar-refractivity contribution in [1.82, 2.24) is 15.2 Å². The van der Waals surface area contributed by atoms with Gasteiger partial charge in [0.25, 0.3) is 11.8 Å². The van der Waals surface area contributed by atoms with Gasteiger partial charge in [0.15, 0.2) is 0 Å². The molecule has 0 radical (unpaired) electrons. The third kappa shape index (κ3) is 8.72. The van der Waals surface area contributed by atoms with Crippen LogP contribution in [-0.2, 0) is 11.2 Å². The molecule has 1 heterocycles. The number of ether oxygens (including phenoxy) is 1. The lowest BCUT2D eigenvalue weighted by atomic mass is 9.96. The molecule has 0 aliphatic heterocycles. The number of aromatic nitrogens is 1. The summed E-state index contributed by atoms with van der Waals surface area (Å²) in [7, 11) is 1.52. The van der Waals surface area contributed by atoms with Gasteiger partial charge >= 0.3 is 0 Å². The third-order valence-electron chi connectivity index (χ3n) is 5.81. The van der Waals surface area contributed by atoms with Crippen molar-refractivity contribution in [2.75, 3.05) is 26.8 Å². The van der Waals surface area contributed by atoms with Crippen molar-refractivity contribution in [3.63, 3.8) is 0 Å². The summed E-state index contributed by atoms with van der Waals surface area (Å²) in [4.78, 5) is 32.2. The number of hydrogen-bond donors (Lipinski definition) is 3. The number of carbonyl (C=O) groups is 2. The number of rotatable bonds is 14. The highest BCUT2D eigenvalue weighted by Crippen LogP contribution is 2.16. The smallest absolute Gasteiger partial charge is 0.253 e. The van der Waals surface area contributed by atoms with Crippen LogP contribution in [-0.4, -0.2) is 77.0 Å². The second-order valence-electron chi connectivity index (χ2n) is 8.86. The summed E-state index contributed by atoms with van der Waals surface area (Å²) in [5.41, 5.74) is 2.45. The zero-order chi connectivity index (χ0) is 25.8. The first kappa shape index (κ1) is 28.4. The van der Waals surface area contributed by atoms with Gasteiger partial charge in [0, 0.05) is 50.3 Å². The van der Waals surface area contributed by atoms with Crippen molar-refractivity contribution in [1.29, 1.82) is 0 Å². The van der Waals surface area contributed by atoms with Crippen LogP contribution in [0.1, 0.15) is 65.0 Å². The summed E-state index contributed by atoms with van der Waals surface area (Å²) in [6, 6.07) is 7.94. The average molecular weight is 486 g/mol. The number of nitrogens with one attached hydrogen (secondary N) is 1. The first-order chi connectivity index (χ1) is 16.8. The van der Waals surface area contributed by atoms with E-state index in [0.717, 1.165) is 24.0 Å². The molecule has 2 aromatic rings. The number of aliphatic hydroxyl groups is 2. The van der Waals surface area contributed by atoms with Crippen LogP contribution in [0.4, 0.5) is 0 Å². The highest BCUT2D eigenvalue weighted by Gasteiger charge is 2.28. The Labute approximate surface area is 208 Å². The Bertz CT molecular complexity index is 932. The Morgan fingerprint density at radius 3 is 2.29 bits per heavy atom. The number of benzene rings is 1. The molecular weight excluding hydrogens is 446 g/mol. The molecule has 3 N–H and O–H groups in total. The quantitative estimate of drug-likeness (QED) is 0.379. The lowest BCUT2D eigenvalue weighted by Gasteiger charge is -2.28. The summed E-state index contributed by atoms with van der Waals surface area (Å²) in [5.74, 6) is -0.521. The van der Waals surface area contributed by atoms with E-state index < -0.39 is 24.2 Å². The van der Waals surface area contributed by atoms with Crippen LogP contribution in [0, 0.1) is 6.92 Å². The second kappa shape index (κ2) is 14.6. The molecule has 0 fully saturated rings. The molecule has 8 heteroatoms. The highest BCUT2D eigenvalue weighted by atomic mass is 16.5. The summed E-state index contributed by atoms with van der Waals surface area (Å²) in [6.45, 7) is 7.49. The second-order valence-corrected chi connectivity index (χ2v) is 8.86. The molecule has 192 valence electrons. The summed E-state index contributed by atoms with van der Waals surface area (Å²) in [6.07, 6.45) is 3.23. The Morgan fingerprint density at radius 1 is 1.06 bits per heavy atom. The number of hydrogen-bond acceptors (Lipinski definition) is 6. The van der Waals surface area contributed by atoms with Crippen molar-refractivity contribution < 1.29 is 24.5 Å². The van der Waals surface area contributed by atoms with Gasteiger partial charge in [0.2, 0.25) is 0 Å². The Morgan fingerprint density at radius 2 is 1.69 bits per heavy atom. The van der Waals surface area contributed by atoms with E-state index in [1.54, 1.807) is 47.6 Å². The largest absolute Gasteiger partial charge is 0.390 e. The predicted molar refractivity (Wildman–Crippen MR) is 135 cm³/mol. The Kier molecular flexibility index (Phi) is 11.8. The minimum atomic E-state index is -1.21. The van der Waals surface area contributed by atoms with Gasteiger partial charge in [-0.15, -0.1) is 0 Å². The van der Waals surface area contributed by atoms with Gasteiger partial charge in [-0.2, -0.15) is 0 Å². The van der Waals surface area contributed by atoms with Crippen LogP contribution in [0.5, 0.6) is 0 Å². The van der Waals surface area contributed by atoms with Gasteiger partial charge in [-0.1, -0.05) is 13.8 Å². The molecule has 0 aliphatic carbocycles. The molecular formula is C27H39N3O5. The van der Waals surface area contributed by atoms with Crippen molar-refractivity contribution in [2.45, 2.75) is 64.7 Å². The van der Waals surface area contributed by atoms with Crippen LogP contribution >= 0.6 is 0 Å². The summed E-state index contributed by atoms with van der Waals surface area (Å²) < 4.78 is 5.01. The maximum absolute atomic E-state index is 13.3. The first-order valence-corrected chi connectivity index (χ1v) is 12.3. The molecule has 0 saturated heterocycles. The predicted octanol–water partition coefficient (Wildman–Crippen LogP) is 2.75. The van der Waals surface area contributed by atoms with Crippen LogP contribution < -0.4 is 5.32 Å². The molecule has 1 aromatic carbocycles. The maximum Gasteiger partial charge on any atom is 0.253 e. The van der Waals surface area contributed by atoms with E-state index in [9.17, 15) is 19.8 Å². The number of aryl methyl sites for hydroxylation is 1. The maximum atomic E-state index is 13.3. The minimum Gasteiger partial charge on any atom is -0.390 e. The van der Waals surface area contributed by atoms with Crippen molar-refractivity contribution in [3.05, 3.63) is 65.0 Å². The van der Waals surface area contributed by atoms with Crippen LogP contribution in [0.15, 0.2) is 42.7 Å². The fourth-order valence-corrected chi connectivity index (χ4v) is 4.03. The van der Waals surface area contributed by atoms with Crippen LogP contribution in [0.2, 0.25) is 0 Å². The molecule has 3 unspecified atom stereocenters. The zero-order valence-corrected chi connectivity index (χ0v) is 21.2. The number of amides is 2.